The van der Waals surface area contributed by atoms with Crippen LogP contribution in [0.25, 0.3) is 0 Å². The van der Waals surface area contributed by atoms with Gasteiger partial charge in [-0.2, -0.15) is 4.31 Å². The van der Waals surface area contributed by atoms with Crippen LogP contribution in [0.5, 0.6) is 0 Å². The van der Waals surface area contributed by atoms with Crippen molar-refractivity contribution in [2.45, 2.75) is 10.9 Å². The Morgan fingerprint density at radius 3 is 2.50 bits per heavy atom. The highest BCUT2D eigenvalue weighted by atomic mass is 35.5. The molecule has 0 aliphatic carbocycles. The molecule has 0 spiro atoms. The Morgan fingerprint density at radius 2 is 1.88 bits per heavy atom. The minimum atomic E-state index is -3.94. The first-order valence-corrected chi connectivity index (χ1v) is 11.5. The first kappa shape index (κ1) is 22.4. The molecule has 11 heteroatoms. The molecule has 1 amide bonds. The van der Waals surface area contributed by atoms with Crippen molar-refractivity contribution in [3.8, 4) is 0 Å². The van der Waals surface area contributed by atoms with Crippen molar-refractivity contribution < 1.29 is 22.0 Å². The number of benzene rings is 2. The Bertz CT molecular complexity index is 1260. The molecular weight excluding hydrogens is 462 g/mol. The Morgan fingerprint density at radius 1 is 1.16 bits per heavy atom. The van der Waals surface area contributed by atoms with Crippen LogP contribution in [0.4, 0.5) is 14.5 Å². The quantitative estimate of drug-likeness (QED) is 0.606. The lowest BCUT2D eigenvalue weighted by Crippen LogP contribution is -2.32. The van der Waals surface area contributed by atoms with E-state index in [1.54, 1.807) is 7.05 Å². The maximum absolute atomic E-state index is 13.4. The van der Waals surface area contributed by atoms with Gasteiger partial charge in [-0.1, -0.05) is 23.7 Å². The third-order valence-corrected chi connectivity index (χ3v) is 7.40. The van der Waals surface area contributed by atoms with Gasteiger partial charge in [0.2, 0.25) is 5.91 Å². The number of nitrogens with one attached hydrogen (secondary N) is 1. The van der Waals surface area contributed by atoms with Crippen molar-refractivity contribution in [1.29, 1.82) is 0 Å². The lowest BCUT2D eigenvalue weighted by Gasteiger charge is -2.18. The molecule has 1 aliphatic heterocycles. The van der Waals surface area contributed by atoms with E-state index in [0.29, 0.717) is 5.56 Å². The van der Waals surface area contributed by atoms with Crippen molar-refractivity contribution in [3.05, 3.63) is 77.2 Å². The van der Waals surface area contributed by atoms with Crippen molar-refractivity contribution in [1.82, 2.24) is 13.9 Å². The first-order chi connectivity index (χ1) is 15.1. The number of nitrogens with zero attached hydrogens (tertiary/aromatic N) is 3. The average Bonchev–Trinajstić information content (AvgIpc) is 3.39. The number of aryl methyl sites for hydroxylation is 1. The molecule has 7 nitrogen and oxygen atoms in total. The summed E-state index contributed by atoms with van der Waals surface area (Å²) in [5.41, 5.74) is 0.910. The highest BCUT2D eigenvalue weighted by Gasteiger charge is 2.44. The van der Waals surface area contributed by atoms with Gasteiger partial charge >= 0.3 is 0 Å². The number of hydrogen-bond acceptors (Lipinski definition) is 4. The average molecular weight is 481 g/mol. The first-order valence-electron chi connectivity index (χ1n) is 9.64. The molecule has 168 valence electrons. The Kier molecular flexibility index (Phi) is 6.02. The highest BCUT2D eigenvalue weighted by Crippen LogP contribution is 2.36. The van der Waals surface area contributed by atoms with E-state index in [4.69, 9.17) is 11.6 Å². The van der Waals surface area contributed by atoms with Gasteiger partial charge in [-0.05, 0) is 35.9 Å². The van der Waals surface area contributed by atoms with Gasteiger partial charge in [0.1, 0.15) is 11.6 Å². The molecule has 3 aromatic rings. The fourth-order valence-corrected chi connectivity index (χ4v) is 5.38. The van der Waals surface area contributed by atoms with Crippen molar-refractivity contribution in [3.63, 3.8) is 0 Å². The van der Waals surface area contributed by atoms with Crippen LogP contribution in [0.3, 0.4) is 0 Å². The van der Waals surface area contributed by atoms with E-state index in [-0.39, 0.29) is 28.8 Å². The molecular formula is C21H19ClF2N4O3S. The van der Waals surface area contributed by atoms with Crippen LogP contribution < -0.4 is 5.32 Å². The fourth-order valence-electron chi connectivity index (χ4n) is 3.74. The lowest BCUT2D eigenvalue weighted by molar-refractivity contribution is -0.119. The molecule has 1 N–H and O–H groups in total. The number of rotatable bonds is 5. The normalized spacial score (nSPS) is 19.2. The lowest BCUT2D eigenvalue weighted by atomic mass is 9.88. The summed E-state index contributed by atoms with van der Waals surface area (Å²) < 4.78 is 55.8. The van der Waals surface area contributed by atoms with Crippen LogP contribution in [0.15, 0.2) is 60.0 Å². The molecule has 1 aliphatic rings. The number of amides is 1. The Labute approximate surface area is 188 Å². The number of halogens is 3. The molecule has 1 saturated heterocycles. The number of aromatic nitrogens is 2. The number of sulfonamides is 1. The van der Waals surface area contributed by atoms with E-state index >= 15 is 0 Å². The van der Waals surface area contributed by atoms with Gasteiger partial charge in [-0.3, -0.25) is 4.79 Å². The van der Waals surface area contributed by atoms with E-state index in [2.05, 4.69) is 10.3 Å². The smallest absolute Gasteiger partial charge is 0.262 e. The molecule has 0 radical (unpaired) electrons. The summed E-state index contributed by atoms with van der Waals surface area (Å²) in [6.07, 6.45) is 2.76. The molecule has 1 aromatic heterocycles. The molecule has 0 bridgehead atoms. The molecule has 2 heterocycles. The summed E-state index contributed by atoms with van der Waals surface area (Å²) in [4.78, 5) is 17.0. The molecule has 2 aromatic carbocycles. The number of hydrogen-bond donors (Lipinski definition) is 1. The van der Waals surface area contributed by atoms with Gasteiger partial charge in [0.25, 0.3) is 10.0 Å². The number of carbonyl (C=O) groups excluding carboxylic acids is 1. The van der Waals surface area contributed by atoms with Gasteiger partial charge in [-0.15, -0.1) is 0 Å². The zero-order valence-electron chi connectivity index (χ0n) is 16.9. The summed E-state index contributed by atoms with van der Waals surface area (Å²) in [6.45, 7) is -0.0749. The number of anilines is 1. The minimum absolute atomic E-state index is 0.0206. The minimum Gasteiger partial charge on any atom is -0.339 e. The fraction of sp³-hybridized carbons (Fsp3) is 0.238. The second kappa shape index (κ2) is 8.61. The number of carbonyl (C=O) groups is 1. The maximum atomic E-state index is 13.4. The van der Waals surface area contributed by atoms with Gasteiger partial charge < -0.3 is 9.88 Å². The third kappa shape index (κ3) is 4.38. The summed E-state index contributed by atoms with van der Waals surface area (Å²) in [6, 6.07) is 9.36. The summed E-state index contributed by atoms with van der Waals surface area (Å²) in [5.74, 6) is -2.82. The van der Waals surface area contributed by atoms with Crippen molar-refractivity contribution in [2.75, 3.05) is 18.4 Å². The van der Waals surface area contributed by atoms with E-state index in [0.717, 1.165) is 6.07 Å². The van der Waals surface area contributed by atoms with Crippen LogP contribution in [0.2, 0.25) is 5.02 Å². The second-order valence-electron chi connectivity index (χ2n) is 7.58. The SMILES string of the molecule is Cn1cnc(S(=O)(=O)N2C[C@H](C(=O)Nc3ccc(F)c(Cl)c3)[C@@H](c3ccc(F)cc3)C2)c1. The molecule has 4 rings (SSSR count). The summed E-state index contributed by atoms with van der Waals surface area (Å²) in [7, 11) is -2.29. The van der Waals surface area contributed by atoms with Crippen LogP contribution in [0, 0.1) is 17.6 Å². The number of imidazole rings is 1. The largest absolute Gasteiger partial charge is 0.339 e. The van der Waals surface area contributed by atoms with Crippen LogP contribution >= 0.6 is 11.6 Å². The van der Waals surface area contributed by atoms with Crippen LogP contribution in [-0.2, 0) is 21.9 Å². The zero-order chi connectivity index (χ0) is 23.0. The van der Waals surface area contributed by atoms with E-state index in [1.165, 1.54) is 57.8 Å². The topological polar surface area (TPSA) is 84.3 Å². The maximum Gasteiger partial charge on any atom is 0.262 e. The van der Waals surface area contributed by atoms with Crippen molar-refractivity contribution >= 4 is 33.2 Å². The monoisotopic (exact) mass is 480 g/mol. The van der Waals surface area contributed by atoms with Gasteiger partial charge in [0.15, 0.2) is 5.03 Å². The van der Waals surface area contributed by atoms with Crippen LogP contribution in [0.1, 0.15) is 11.5 Å². The van der Waals surface area contributed by atoms with Gasteiger partial charge in [0.05, 0.1) is 17.3 Å². The van der Waals surface area contributed by atoms with E-state index in [1.807, 2.05) is 0 Å². The van der Waals surface area contributed by atoms with Gasteiger partial charge in [-0.25, -0.2) is 22.2 Å². The Balaban J connectivity index is 1.64. The highest BCUT2D eigenvalue weighted by molar-refractivity contribution is 7.89. The zero-order valence-corrected chi connectivity index (χ0v) is 18.4. The standard InChI is InChI=1S/C21H19ClF2N4O3S/c1-27-11-20(25-12-27)32(30,31)28-9-16(13-2-4-14(23)5-3-13)17(10-28)21(29)26-15-6-7-19(24)18(22)8-15/h2-8,11-12,16-17H,9-10H2,1H3,(H,26,29)/t16-,17+/m1/s1. The summed E-state index contributed by atoms with van der Waals surface area (Å²) >= 11 is 5.79. The predicted octanol–water partition coefficient (Wildman–Crippen LogP) is 3.39. The molecule has 1 fully saturated rings. The Hall–Kier alpha value is -2.82. The molecule has 0 unspecified atom stereocenters. The van der Waals surface area contributed by atoms with Crippen molar-refractivity contribution in [2.24, 2.45) is 13.0 Å². The third-order valence-electron chi connectivity index (χ3n) is 5.39. The van der Waals surface area contributed by atoms with E-state index < -0.39 is 39.4 Å². The second-order valence-corrected chi connectivity index (χ2v) is 9.87. The van der Waals surface area contributed by atoms with Gasteiger partial charge in [0, 0.05) is 37.9 Å². The molecule has 2 atom stereocenters. The summed E-state index contributed by atoms with van der Waals surface area (Å²) in [5, 5.41) is 2.40. The molecule has 0 saturated carbocycles. The van der Waals surface area contributed by atoms with Crippen LogP contribution in [-0.4, -0.2) is 41.3 Å². The molecule has 32 heavy (non-hydrogen) atoms. The van der Waals surface area contributed by atoms with E-state index in [9.17, 15) is 22.0 Å². The predicted molar refractivity (Wildman–Crippen MR) is 115 cm³/mol.